The van der Waals surface area contributed by atoms with Gasteiger partial charge < -0.3 is 24.4 Å². The van der Waals surface area contributed by atoms with Gasteiger partial charge in [0.2, 0.25) is 5.91 Å². The molecule has 6 nitrogen and oxygen atoms in total. The summed E-state index contributed by atoms with van der Waals surface area (Å²) in [5.74, 6) is 0.0491. The van der Waals surface area contributed by atoms with Gasteiger partial charge in [0.1, 0.15) is 12.2 Å². The maximum Gasteiger partial charge on any atom is 0.248 e. The topological polar surface area (TPSA) is 60.0 Å². The molecule has 2 rings (SSSR count). The molecule has 6 heteroatoms. The lowest BCUT2D eigenvalue weighted by Gasteiger charge is -2.41. The first-order valence-electron chi connectivity index (χ1n) is 7.54. The van der Waals surface area contributed by atoms with Gasteiger partial charge in [-0.2, -0.15) is 0 Å². The van der Waals surface area contributed by atoms with E-state index in [1.807, 2.05) is 4.90 Å². The van der Waals surface area contributed by atoms with Crippen LogP contribution in [0.2, 0.25) is 0 Å². The van der Waals surface area contributed by atoms with Crippen molar-refractivity contribution in [1.29, 1.82) is 0 Å². The maximum absolute atomic E-state index is 12.2. The standard InChI is InChI=1S/C14H26N2O4/c1-2-3-6-18-9-13(17)16-5-8-20-14(11-16)10-15-4-7-19-12-14/h15H,2-12H2,1H3/t14-/m0/s1. The van der Waals surface area contributed by atoms with Crippen LogP contribution in [-0.4, -0.2) is 75.6 Å². The highest BCUT2D eigenvalue weighted by Gasteiger charge is 2.39. The molecule has 0 aliphatic carbocycles. The molecule has 2 heterocycles. The number of amides is 1. The first-order chi connectivity index (χ1) is 9.76. The normalized spacial score (nSPS) is 27.6. The lowest BCUT2D eigenvalue weighted by Crippen LogP contribution is -2.59. The molecule has 2 fully saturated rings. The molecule has 1 spiro atoms. The number of nitrogens with zero attached hydrogens (tertiary/aromatic N) is 1. The van der Waals surface area contributed by atoms with Crippen LogP contribution in [0.25, 0.3) is 0 Å². The number of carbonyl (C=O) groups is 1. The van der Waals surface area contributed by atoms with Crippen molar-refractivity contribution in [2.75, 3.05) is 59.2 Å². The minimum Gasteiger partial charge on any atom is -0.377 e. The van der Waals surface area contributed by atoms with E-state index < -0.39 is 5.60 Å². The smallest absolute Gasteiger partial charge is 0.248 e. The van der Waals surface area contributed by atoms with E-state index in [-0.39, 0.29) is 12.5 Å². The second-order valence-corrected chi connectivity index (χ2v) is 5.48. The highest BCUT2D eigenvalue weighted by Crippen LogP contribution is 2.19. The van der Waals surface area contributed by atoms with Gasteiger partial charge in [-0.15, -0.1) is 0 Å². The third-order valence-electron chi connectivity index (χ3n) is 3.70. The second-order valence-electron chi connectivity index (χ2n) is 5.48. The van der Waals surface area contributed by atoms with Crippen LogP contribution in [0.3, 0.4) is 0 Å². The zero-order valence-corrected chi connectivity index (χ0v) is 12.4. The molecule has 1 amide bonds. The monoisotopic (exact) mass is 286 g/mol. The number of rotatable bonds is 5. The summed E-state index contributed by atoms with van der Waals surface area (Å²) < 4.78 is 16.9. The average Bonchev–Trinajstić information content (AvgIpc) is 2.69. The lowest BCUT2D eigenvalue weighted by molar-refractivity contribution is -0.161. The van der Waals surface area contributed by atoms with Crippen LogP contribution in [0.1, 0.15) is 19.8 Å². The molecule has 1 N–H and O–H groups in total. The minimum absolute atomic E-state index is 0.0491. The Labute approximate surface area is 120 Å². The summed E-state index contributed by atoms with van der Waals surface area (Å²) in [7, 11) is 0. The summed E-state index contributed by atoms with van der Waals surface area (Å²) in [5.41, 5.74) is -0.395. The summed E-state index contributed by atoms with van der Waals surface area (Å²) in [6.07, 6.45) is 2.08. The zero-order chi connectivity index (χ0) is 14.3. The van der Waals surface area contributed by atoms with Crippen molar-refractivity contribution in [1.82, 2.24) is 10.2 Å². The van der Waals surface area contributed by atoms with Crippen molar-refractivity contribution in [3.05, 3.63) is 0 Å². The molecule has 2 saturated heterocycles. The van der Waals surface area contributed by atoms with Crippen molar-refractivity contribution in [2.24, 2.45) is 0 Å². The first-order valence-corrected chi connectivity index (χ1v) is 7.54. The van der Waals surface area contributed by atoms with Gasteiger partial charge in [0.15, 0.2) is 0 Å². The lowest BCUT2D eigenvalue weighted by atomic mass is 10.0. The number of nitrogens with one attached hydrogen (secondary N) is 1. The Morgan fingerprint density at radius 1 is 1.45 bits per heavy atom. The van der Waals surface area contributed by atoms with Gasteiger partial charge in [-0.3, -0.25) is 4.79 Å². The highest BCUT2D eigenvalue weighted by molar-refractivity contribution is 5.77. The van der Waals surface area contributed by atoms with Crippen molar-refractivity contribution in [3.8, 4) is 0 Å². The number of carbonyl (C=O) groups excluding carboxylic acids is 1. The van der Waals surface area contributed by atoms with Crippen LogP contribution >= 0.6 is 0 Å². The Morgan fingerprint density at radius 2 is 2.35 bits per heavy atom. The van der Waals surface area contributed by atoms with Crippen LogP contribution in [0.15, 0.2) is 0 Å². The molecule has 1 atom stereocenters. The van der Waals surface area contributed by atoms with E-state index in [4.69, 9.17) is 14.2 Å². The molecule has 0 aromatic carbocycles. The molecule has 2 aliphatic heterocycles. The largest absolute Gasteiger partial charge is 0.377 e. The van der Waals surface area contributed by atoms with E-state index in [1.54, 1.807) is 0 Å². The summed E-state index contributed by atoms with van der Waals surface area (Å²) in [6, 6.07) is 0. The highest BCUT2D eigenvalue weighted by atomic mass is 16.5. The second kappa shape index (κ2) is 7.93. The van der Waals surface area contributed by atoms with Gasteiger partial charge in [-0.1, -0.05) is 13.3 Å². The number of unbranched alkanes of at least 4 members (excludes halogenated alkanes) is 1. The number of hydrogen-bond acceptors (Lipinski definition) is 5. The summed E-state index contributed by atoms with van der Waals surface area (Å²) in [6.45, 7) is 7.51. The third kappa shape index (κ3) is 4.41. The quantitative estimate of drug-likeness (QED) is 0.722. The fourth-order valence-corrected chi connectivity index (χ4v) is 2.52. The van der Waals surface area contributed by atoms with Crippen molar-refractivity contribution < 1.29 is 19.0 Å². The summed E-state index contributed by atoms with van der Waals surface area (Å²) >= 11 is 0. The van der Waals surface area contributed by atoms with E-state index in [9.17, 15) is 4.79 Å². The van der Waals surface area contributed by atoms with Gasteiger partial charge in [-0.05, 0) is 6.42 Å². The maximum atomic E-state index is 12.2. The molecule has 0 aromatic heterocycles. The van der Waals surface area contributed by atoms with Crippen molar-refractivity contribution in [3.63, 3.8) is 0 Å². The van der Waals surface area contributed by atoms with E-state index in [1.165, 1.54) is 0 Å². The predicted molar refractivity (Wildman–Crippen MR) is 74.7 cm³/mol. The molecule has 20 heavy (non-hydrogen) atoms. The molecule has 116 valence electrons. The summed E-state index contributed by atoms with van der Waals surface area (Å²) in [4.78, 5) is 14.0. The van der Waals surface area contributed by atoms with Gasteiger partial charge >= 0.3 is 0 Å². The van der Waals surface area contributed by atoms with Crippen LogP contribution < -0.4 is 5.32 Å². The minimum atomic E-state index is -0.395. The molecule has 0 radical (unpaired) electrons. The molecular weight excluding hydrogens is 260 g/mol. The molecule has 2 aliphatic rings. The predicted octanol–water partition coefficient (Wildman–Crippen LogP) is 0.0205. The number of morpholine rings is 1. The fraction of sp³-hybridized carbons (Fsp3) is 0.929. The Hall–Kier alpha value is -0.690. The van der Waals surface area contributed by atoms with Crippen LogP contribution in [0.5, 0.6) is 0 Å². The number of hydrogen-bond donors (Lipinski definition) is 1. The van der Waals surface area contributed by atoms with Crippen LogP contribution in [0.4, 0.5) is 0 Å². The van der Waals surface area contributed by atoms with Gasteiger partial charge in [0, 0.05) is 26.2 Å². The molecular formula is C14H26N2O4. The average molecular weight is 286 g/mol. The summed E-state index contributed by atoms with van der Waals surface area (Å²) in [5, 5.41) is 3.31. The van der Waals surface area contributed by atoms with Crippen molar-refractivity contribution >= 4 is 5.91 Å². The Bertz CT molecular complexity index is 304. The Morgan fingerprint density at radius 3 is 3.20 bits per heavy atom. The number of ether oxygens (including phenoxy) is 3. The van der Waals surface area contributed by atoms with E-state index >= 15 is 0 Å². The SMILES string of the molecule is CCCCOCC(=O)N1CCO[C@@]2(CNCCOC2)C1. The van der Waals surface area contributed by atoms with Crippen LogP contribution in [-0.2, 0) is 19.0 Å². The van der Waals surface area contributed by atoms with E-state index in [2.05, 4.69) is 12.2 Å². The van der Waals surface area contributed by atoms with Crippen molar-refractivity contribution in [2.45, 2.75) is 25.4 Å². The van der Waals surface area contributed by atoms with Gasteiger partial charge in [-0.25, -0.2) is 0 Å². The zero-order valence-electron chi connectivity index (χ0n) is 12.4. The van der Waals surface area contributed by atoms with Crippen LogP contribution in [0, 0.1) is 0 Å². The Balaban J connectivity index is 1.81. The molecule has 0 unspecified atom stereocenters. The van der Waals surface area contributed by atoms with E-state index in [0.29, 0.717) is 39.5 Å². The Kier molecular flexibility index (Phi) is 6.22. The third-order valence-corrected chi connectivity index (χ3v) is 3.70. The molecule has 0 saturated carbocycles. The fourth-order valence-electron chi connectivity index (χ4n) is 2.52. The first kappa shape index (κ1) is 15.7. The molecule has 0 aromatic rings. The van der Waals surface area contributed by atoms with Gasteiger partial charge in [0.25, 0.3) is 0 Å². The molecule has 0 bridgehead atoms. The van der Waals surface area contributed by atoms with Gasteiger partial charge in [0.05, 0.1) is 26.4 Å². The van der Waals surface area contributed by atoms with E-state index in [0.717, 1.165) is 25.9 Å².